The molecule has 0 saturated heterocycles. The maximum absolute atomic E-state index is 11.9. The van der Waals surface area contributed by atoms with Crippen LogP contribution < -0.4 is 5.32 Å². The smallest absolute Gasteiger partial charge is 0.102 e. The Hall–Kier alpha value is -0.150. The van der Waals surface area contributed by atoms with Gasteiger partial charge in [-0.25, -0.2) is 4.39 Å². The van der Waals surface area contributed by atoms with E-state index in [0.717, 1.165) is 19.1 Å². The summed E-state index contributed by atoms with van der Waals surface area (Å²) in [5.41, 5.74) is 0. The van der Waals surface area contributed by atoms with E-state index in [-0.39, 0.29) is 6.67 Å². The van der Waals surface area contributed by atoms with Crippen LogP contribution in [0.15, 0.2) is 0 Å². The third-order valence-corrected chi connectivity index (χ3v) is 3.28. The molecule has 0 spiro atoms. The Morgan fingerprint density at radius 2 is 1.93 bits per heavy atom. The zero-order chi connectivity index (χ0) is 11.1. The summed E-state index contributed by atoms with van der Waals surface area (Å²) in [6, 6.07) is 1.39. The van der Waals surface area contributed by atoms with Crippen LogP contribution in [0, 0.1) is 0 Å². The second-order valence-corrected chi connectivity index (χ2v) is 4.71. The monoisotopic (exact) mass is 216 g/mol. The molecular formula is C12H25FN2. The lowest BCUT2D eigenvalue weighted by Gasteiger charge is -2.32. The summed E-state index contributed by atoms with van der Waals surface area (Å²) in [4.78, 5) is 2.57. The second-order valence-electron chi connectivity index (χ2n) is 4.71. The van der Waals surface area contributed by atoms with Gasteiger partial charge in [0.25, 0.3) is 0 Å². The van der Waals surface area contributed by atoms with Gasteiger partial charge in [0.05, 0.1) is 0 Å². The molecule has 2 nitrogen and oxygen atoms in total. The largest absolute Gasteiger partial charge is 0.313 e. The molecule has 1 aliphatic rings. The van der Waals surface area contributed by atoms with E-state index in [0.29, 0.717) is 12.6 Å². The van der Waals surface area contributed by atoms with E-state index in [1.54, 1.807) is 0 Å². The summed E-state index contributed by atoms with van der Waals surface area (Å²) >= 11 is 0. The van der Waals surface area contributed by atoms with Crippen molar-refractivity contribution in [3.8, 4) is 0 Å². The van der Waals surface area contributed by atoms with Crippen molar-refractivity contribution in [2.75, 3.05) is 26.3 Å². The molecule has 0 unspecified atom stereocenters. The number of halogens is 1. The topological polar surface area (TPSA) is 15.3 Å². The van der Waals surface area contributed by atoms with Crippen molar-refractivity contribution in [3.63, 3.8) is 0 Å². The summed E-state index contributed by atoms with van der Waals surface area (Å²) < 4.78 is 11.9. The van der Waals surface area contributed by atoms with Crippen LogP contribution in [0.1, 0.15) is 39.5 Å². The summed E-state index contributed by atoms with van der Waals surface area (Å²) in [6.07, 6.45) is 5.46. The number of nitrogens with one attached hydrogen (secondary N) is 1. The lowest BCUT2D eigenvalue weighted by molar-refractivity contribution is 0.156. The number of nitrogens with zero attached hydrogens (tertiary/aromatic N) is 1. The molecule has 1 rings (SSSR count). The predicted octanol–water partition coefficient (Wildman–Crippen LogP) is 2.20. The van der Waals surface area contributed by atoms with Crippen LogP contribution in [0.3, 0.4) is 0 Å². The van der Waals surface area contributed by atoms with Crippen molar-refractivity contribution in [1.82, 2.24) is 10.2 Å². The molecule has 0 atom stereocenters. The Kier molecular flexibility index (Phi) is 6.18. The van der Waals surface area contributed by atoms with E-state index in [9.17, 15) is 4.39 Å². The Morgan fingerprint density at radius 3 is 2.47 bits per heavy atom. The van der Waals surface area contributed by atoms with E-state index in [2.05, 4.69) is 24.1 Å². The molecule has 0 bridgehead atoms. The fourth-order valence-electron chi connectivity index (χ4n) is 2.50. The van der Waals surface area contributed by atoms with E-state index in [4.69, 9.17) is 0 Å². The van der Waals surface area contributed by atoms with Crippen molar-refractivity contribution in [3.05, 3.63) is 0 Å². The third-order valence-electron chi connectivity index (χ3n) is 3.28. The number of alkyl halides is 1. The van der Waals surface area contributed by atoms with Gasteiger partial charge in [-0.1, -0.05) is 12.8 Å². The highest BCUT2D eigenvalue weighted by molar-refractivity contribution is 4.79. The molecule has 0 radical (unpaired) electrons. The average Bonchev–Trinajstić information content (AvgIpc) is 2.70. The molecule has 3 heteroatoms. The van der Waals surface area contributed by atoms with E-state index in [1.807, 2.05) is 0 Å². The minimum absolute atomic E-state index is 0.259. The summed E-state index contributed by atoms with van der Waals surface area (Å²) in [7, 11) is 0. The van der Waals surface area contributed by atoms with Crippen LogP contribution >= 0.6 is 0 Å². The van der Waals surface area contributed by atoms with Gasteiger partial charge in [0.2, 0.25) is 0 Å². The standard InChI is InChI=1S/C12H25FN2/c1-11(2)15(10-9-14-8-7-13)12-5-3-4-6-12/h11-12,14H,3-10H2,1-2H3. The van der Waals surface area contributed by atoms with Crippen LogP contribution in [-0.4, -0.2) is 43.3 Å². The van der Waals surface area contributed by atoms with Gasteiger partial charge in [0.1, 0.15) is 6.67 Å². The minimum Gasteiger partial charge on any atom is -0.313 e. The molecule has 1 N–H and O–H groups in total. The fourth-order valence-corrected chi connectivity index (χ4v) is 2.50. The van der Waals surface area contributed by atoms with Gasteiger partial charge >= 0.3 is 0 Å². The molecule has 90 valence electrons. The number of rotatable bonds is 7. The Bertz CT molecular complexity index is 156. The zero-order valence-corrected chi connectivity index (χ0v) is 10.1. The lowest BCUT2D eigenvalue weighted by Crippen LogP contribution is -2.43. The second kappa shape index (κ2) is 7.18. The van der Waals surface area contributed by atoms with Crippen LogP contribution in [0.4, 0.5) is 4.39 Å². The summed E-state index contributed by atoms with van der Waals surface area (Å²) in [6.45, 7) is 6.73. The average molecular weight is 216 g/mol. The highest BCUT2D eigenvalue weighted by Crippen LogP contribution is 2.24. The van der Waals surface area contributed by atoms with Gasteiger partial charge in [-0.3, -0.25) is 4.90 Å². The van der Waals surface area contributed by atoms with Gasteiger partial charge in [-0.2, -0.15) is 0 Å². The van der Waals surface area contributed by atoms with Gasteiger partial charge < -0.3 is 5.32 Å². The normalized spacial score (nSPS) is 18.2. The van der Waals surface area contributed by atoms with E-state index < -0.39 is 0 Å². The van der Waals surface area contributed by atoms with Crippen LogP contribution in [0.5, 0.6) is 0 Å². The van der Waals surface area contributed by atoms with Crippen molar-refractivity contribution in [2.45, 2.75) is 51.6 Å². The van der Waals surface area contributed by atoms with E-state index in [1.165, 1.54) is 25.7 Å². The first-order valence-corrected chi connectivity index (χ1v) is 6.28. The highest BCUT2D eigenvalue weighted by atomic mass is 19.1. The van der Waals surface area contributed by atoms with Crippen molar-refractivity contribution in [2.24, 2.45) is 0 Å². The lowest BCUT2D eigenvalue weighted by atomic mass is 10.1. The molecule has 0 amide bonds. The molecule has 15 heavy (non-hydrogen) atoms. The molecule has 1 fully saturated rings. The molecule has 0 aromatic rings. The van der Waals surface area contributed by atoms with Crippen molar-refractivity contribution in [1.29, 1.82) is 0 Å². The molecule has 1 aliphatic carbocycles. The van der Waals surface area contributed by atoms with Gasteiger partial charge in [0.15, 0.2) is 0 Å². The van der Waals surface area contributed by atoms with Crippen LogP contribution in [-0.2, 0) is 0 Å². The Balaban J connectivity index is 2.24. The van der Waals surface area contributed by atoms with Crippen molar-refractivity contribution < 1.29 is 4.39 Å². The van der Waals surface area contributed by atoms with Crippen LogP contribution in [0.25, 0.3) is 0 Å². The van der Waals surface area contributed by atoms with Gasteiger partial charge in [-0.15, -0.1) is 0 Å². The summed E-state index contributed by atoms with van der Waals surface area (Å²) in [5.74, 6) is 0. The fraction of sp³-hybridized carbons (Fsp3) is 1.00. The first-order valence-electron chi connectivity index (χ1n) is 6.28. The number of hydrogen-bond acceptors (Lipinski definition) is 2. The molecule has 0 aliphatic heterocycles. The quantitative estimate of drug-likeness (QED) is 0.656. The first kappa shape index (κ1) is 12.9. The van der Waals surface area contributed by atoms with Gasteiger partial charge in [-0.05, 0) is 26.7 Å². The molecule has 1 saturated carbocycles. The predicted molar refractivity (Wildman–Crippen MR) is 62.9 cm³/mol. The molecule has 0 heterocycles. The highest BCUT2D eigenvalue weighted by Gasteiger charge is 2.23. The number of hydrogen-bond donors (Lipinski definition) is 1. The SMILES string of the molecule is CC(C)N(CCNCCF)C1CCCC1. The van der Waals surface area contributed by atoms with Crippen LogP contribution in [0.2, 0.25) is 0 Å². The zero-order valence-electron chi connectivity index (χ0n) is 10.1. The third kappa shape index (κ3) is 4.47. The minimum atomic E-state index is -0.259. The maximum atomic E-state index is 11.9. The molecule has 0 aromatic heterocycles. The maximum Gasteiger partial charge on any atom is 0.102 e. The summed E-state index contributed by atoms with van der Waals surface area (Å²) in [5, 5.41) is 3.13. The molecule has 0 aromatic carbocycles. The van der Waals surface area contributed by atoms with Gasteiger partial charge in [0, 0.05) is 31.7 Å². The first-order chi connectivity index (χ1) is 7.25. The Morgan fingerprint density at radius 1 is 1.27 bits per heavy atom. The van der Waals surface area contributed by atoms with Crippen molar-refractivity contribution >= 4 is 0 Å². The van der Waals surface area contributed by atoms with E-state index >= 15 is 0 Å². The molecular weight excluding hydrogens is 191 g/mol. The Labute approximate surface area is 93.2 Å².